The van der Waals surface area contributed by atoms with Crippen molar-refractivity contribution < 1.29 is 9.13 Å². The molecule has 0 spiro atoms. The van der Waals surface area contributed by atoms with Crippen LogP contribution >= 0.6 is 11.8 Å². The predicted molar refractivity (Wildman–Crippen MR) is 103 cm³/mol. The Labute approximate surface area is 162 Å². The molecule has 3 rings (SSSR count). The van der Waals surface area contributed by atoms with E-state index in [2.05, 4.69) is 29.9 Å². The summed E-state index contributed by atoms with van der Waals surface area (Å²) in [6.45, 7) is 4.10. The van der Waals surface area contributed by atoms with Crippen molar-refractivity contribution in [1.29, 1.82) is 5.26 Å². The van der Waals surface area contributed by atoms with Gasteiger partial charge in [0.15, 0.2) is 5.16 Å². The fraction of sp³-hybridized carbons (Fsp3) is 0.190. The lowest BCUT2D eigenvalue weighted by Gasteiger charge is -2.11. The number of nitriles is 1. The number of thioether (sulfide) groups is 1. The normalized spacial score (nSPS) is 10.6. The predicted octanol–water partition coefficient (Wildman–Crippen LogP) is 5.70. The zero-order valence-corrected chi connectivity index (χ0v) is 15.8. The largest absolute Gasteiger partial charge is 0.439 e. The highest BCUT2D eigenvalue weighted by molar-refractivity contribution is 7.98. The van der Waals surface area contributed by atoms with Crippen molar-refractivity contribution in [2.45, 2.75) is 30.7 Å². The Kier molecular flexibility index (Phi) is 6.05. The first-order chi connectivity index (χ1) is 13.0. The summed E-state index contributed by atoms with van der Waals surface area (Å²) in [6.07, 6.45) is 0. The molecule has 0 amide bonds. The van der Waals surface area contributed by atoms with Gasteiger partial charge in [-0.25, -0.2) is 9.37 Å². The first kappa shape index (κ1) is 18.9. The van der Waals surface area contributed by atoms with Crippen LogP contribution in [0.25, 0.3) is 0 Å². The van der Waals surface area contributed by atoms with Crippen molar-refractivity contribution in [3.05, 3.63) is 77.2 Å². The molecule has 4 nitrogen and oxygen atoms in total. The van der Waals surface area contributed by atoms with E-state index in [-0.39, 0.29) is 11.7 Å². The van der Waals surface area contributed by atoms with Gasteiger partial charge in [0.1, 0.15) is 11.6 Å². The summed E-state index contributed by atoms with van der Waals surface area (Å²) >= 11 is 1.48. The first-order valence-corrected chi connectivity index (χ1v) is 9.46. The topological polar surface area (TPSA) is 58.8 Å². The van der Waals surface area contributed by atoms with E-state index in [1.54, 1.807) is 24.3 Å². The monoisotopic (exact) mass is 379 g/mol. The van der Waals surface area contributed by atoms with E-state index in [9.17, 15) is 4.39 Å². The third kappa shape index (κ3) is 5.28. The number of halogens is 1. The molecule has 6 heteroatoms. The van der Waals surface area contributed by atoms with Crippen molar-refractivity contribution in [3.63, 3.8) is 0 Å². The maximum atomic E-state index is 13.1. The third-order valence-corrected chi connectivity index (χ3v) is 4.67. The minimum absolute atomic E-state index is 0.213. The molecule has 0 atom stereocenters. The van der Waals surface area contributed by atoms with Crippen LogP contribution in [0, 0.1) is 17.1 Å². The Bertz CT molecular complexity index is 968. The van der Waals surface area contributed by atoms with Crippen LogP contribution in [0.2, 0.25) is 0 Å². The molecule has 0 aliphatic carbocycles. The molecule has 0 N–H and O–H groups in total. The molecule has 0 aliphatic rings. The van der Waals surface area contributed by atoms with Gasteiger partial charge in [0, 0.05) is 11.8 Å². The van der Waals surface area contributed by atoms with Crippen molar-refractivity contribution in [3.8, 4) is 17.7 Å². The number of ether oxygens (including phenoxy) is 1. The summed E-state index contributed by atoms with van der Waals surface area (Å²) in [4.78, 5) is 9.06. The van der Waals surface area contributed by atoms with Crippen LogP contribution in [-0.2, 0) is 5.75 Å². The van der Waals surface area contributed by atoms with E-state index in [0.717, 1.165) is 11.3 Å². The summed E-state index contributed by atoms with van der Waals surface area (Å²) in [5.41, 5.74) is 2.53. The molecule has 0 unspecified atom stereocenters. The molecule has 0 bridgehead atoms. The van der Waals surface area contributed by atoms with Gasteiger partial charge in [-0.2, -0.15) is 10.2 Å². The SMILES string of the molecule is CC(C)c1cc(Oc2ccc(F)cc2)nc(SCc2cccc(C#N)c2)n1. The summed E-state index contributed by atoms with van der Waals surface area (Å²) in [5.74, 6) is 1.48. The van der Waals surface area contributed by atoms with Crippen molar-refractivity contribution in [2.75, 3.05) is 0 Å². The lowest BCUT2D eigenvalue weighted by Crippen LogP contribution is -2.00. The summed E-state index contributed by atoms with van der Waals surface area (Å²) in [7, 11) is 0. The molecule has 1 aromatic heterocycles. The minimum atomic E-state index is -0.316. The molecule has 0 radical (unpaired) electrons. The van der Waals surface area contributed by atoms with Gasteiger partial charge < -0.3 is 4.74 Å². The fourth-order valence-electron chi connectivity index (χ4n) is 2.34. The van der Waals surface area contributed by atoms with Crippen LogP contribution in [0.15, 0.2) is 59.8 Å². The van der Waals surface area contributed by atoms with Crippen molar-refractivity contribution in [1.82, 2.24) is 9.97 Å². The van der Waals surface area contributed by atoms with Gasteiger partial charge in [-0.3, -0.25) is 0 Å². The van der Waals surface area contributed by atoms with Gasteiger partial charge in [-0.05, 0) is 47.9 Å². The Morgan fingerprint density at radius 2 is 1.89 bits per heavy atom. The second-order valence-corrected chi connectivity index (χ2v) is 7.17. The van der Waals surface area contributed by atoms with Crippen LogP contribution in [-0.4, -0.2) is 9.97 Å². The molecule has 136 valence electrons. The van der Waals surface area contributed by atoms with E-state index < -0.39 is 0 Å². The van der Waals surface area contributed by atoms with Gasteiger partial charge in [-0.15, -0.1) is 0 Å². The molecule has 0 fully saturated rings. The zero-order chi connectivity index (χ0) is 19.2. The highest BCUT2D eigenvalue weighted by atomic mass is 32.2. The summed E-state index contributed by atoms with van der Waals surface area (Å²) in [6, 6.07) is 17.2. The quantitative estimate of drug-likeness (QED) is 0.406. The summed E-state index contributed by atoms with van der Waals surface area (Å²) in [5, 5.41) is 9.61. The molecule has 0 saturated heterocycles. The van der Waals surface area contributed by atoms with Gasteiger partial charge in [-0.1, -0.05) is 37.7 Å². The molecule has 0 aliphatic heterocycles. The van der Waals surface area contributed by atoms with Gasteiger partial charge >= 0.3 is 0 Å². The molecule has 2 aromatic carbocycles. The van der Waals surface area contributed by atoms with Gasteiger partial charge in [0.05, 0.1) is 17.3 Å². The molecule has 3 aromatic rings. The lowest BCUT2D eigenvalue weighted by molar-refractivity contribution is 0.451. The highest BCUT2D eigenvalue weighted by Gasteiger charge is 2.11. The number of nitrogens with zero attached hydrogens (tertiary/aromatic N) is 3. The van der Waals surface area contributed by atoms with Crippen LogP contribution in [0.4, 0.5) is 4.39 Å². The number of hydrogen-bond acceptors (Lipinski definition) is 5. The number of benzene rings is 2. The Hall–Kier alpha value is -2.91. The van der Waals surface area contributed by atoms with E-state index in [1.807, 2.05) is 18.2 Å². The minimum Gasteiger partial charge on any atom is -0.439 e. The van der Waals surface area contributed by atoms with E-state index in [4.69, 9.17) is 10.00 Å². The zero-order valence-electron chi connectivity index (χ0n) is 15.0. The second kappa shape index (κ2) is 8.65. The maximum absolute atomic E-state index is 13.1. The molecular weight excluding hydrogens is 361 g/mol. The number of rotatable bonds is 6. The number of hydrogen-bond donors (Lipinski definition) is 0. The smallest absolute Gasteiger partial charge is 0.223 e. The molecule has 0 saturated carbocycles. The average molecular weight is 379 g/mol. The fourth-order valence-corrected chi connectivity index (χ4v) is 3.14. The molecule has 1 heterocycles. The average Bonchev–Trinajstić information content (AvgIpc) is 2.68. The van der Waals surface area contributed by atoms with Crippen LogP contribution < -0.4 is 4.74 Å². The Morgan fingerprint density at radius 1 is 1.11 bits per heavy atom. The van der Waals surface area contributed by atoms with Crippen LogP contribution in [0.3, 0.4) is 0 Å². The first-order valence-electron chi connectivity index (χ1n) is 8.48. The Balaban J connectivity index is 1.80. The Morgan fingerprint density at radius 3 is 2.59 bits per heavy atom. The standard InChI is InChI=1S/C21H18FN3OS/c1-14(2)19-11-20(26-18-8-6-17(22)7-9-18)25-21(24-19)27-13-16-5-3-4-15(10-16)12-23/h3-11,14H,13H2,1-2H3. The molecular formula is C21H18FN3OS. The second-order valence-electron chi connectivity index (χ2n) is 6.23. The third-order valence-electron chi connectivity index (χ3n) is 3.75. The van der Waals surface area contributed by atoms with Gasteiger partial charge in [0.25, 0.3) is 0 Å². The number of aromatic nitrogens is 2. The van der Waals surface area contributed by atoms with Crippen LogP contribution in [0.5, 0.6) is 11.6 Å². The van der Waals surface area contributed by atoms with Crippen molar-refractivity contribution >= 4 is 11.8 Å². The highest BCUT2D eigenvalue weighted by Crippen LogP contribution is 2.27. The molecule has 27 heavy (non-hydrogen) atoms. The van der Waals surface area contributed by atoms with E-state index >= 15 is 0 Å². The van der Waals surface area contributed by atoms with E-state index in [1.165, 1.54) is 23.9 Å². The summed E-state index contributed by atoms with van der Waals surface area (Å²) < 4.78 is 18.8. The maximum Gasteiger partial charge on any atom is 0.223 e. The van der Waals surface area contributed by atoms with Gasteiger partial charge in [0.2, 0.25) is 5.88 Å². The van der Waals surface area contributed by atoms with Crippen molar-refractivity contribution in [2.24, 2.45) is 0 Å². The van der Waals surface area contributed by atoms with Crippen LogP contribution in [0.1, 0.15) is 36.6 Å². The lowest BCUT2D eigenvalue weighted by atomic mass is 10.1. The van der Waals surface area contributed by atoms with E-state index in [0.29, 0.717) is 28.1 Å².